The molecule has 36 heavy (non-hydrogen) atoms. The monoisotopic (exact) mass is 493 g/mol. The minimum absolute atomic E-state index is 0.0552. The molecule has 1 fully saturated rings. The van der Waals surface area contributed by atoms with Crippen LogP contribution in [0.3, 0.4) is 0 Å². The van der Waals surface area contributed by atoms with Gasteiger partial charge >= 0.3 is 5.97 Å². The van der Waals surface area contributed by atoms with Crippen LogP contribution in [0.25, 0.3) is 5.76 Å². The van der Waals surface area contributed by atoms with E-state index in [0.717, 1.165) is 0 Å². The maximum atomic E-state index is 13.4. The molecule has 0 bridgehead atoms. The van der Waals surface area contributed by atoms with Crippen molar-refractivity contribution in [3.8, 4) is 5.75 Å². The Hall–Kier alpha value is -4.34. The van der Waals surface area contributed by atoms with Gasteiger partial charge in [-0.25, -0.2) is 9.36 Å². The van der Waals surface area contributed by atoms with Gasteiger partial charge in [0.05, 0.1) is 32.4 Å². The van der Waals surface area contributed by atoms with Crippen LogP contribution in [-0.2, 0) is 20.9 Å². The molecular formula is C26H29N4O6+. The molecule has 4 rings (SSSR count). The number of aliphatic hydroxyl groups excluding tert-OH is 1. The highest BCUT2D eigenvalue weighted by Crippen LogP contribution is 2.43. The lowest BCUT2D eigenvalue weighted by atomic mass is 9.93. The number of hydrogen-bond acceptors (Lipinski definition) is 6. The predicted molar refractivity (Wildman–Crippen MR) is 129 cm³/mol. The third kappa shape index (κ3) is 4.26. The van der Waals surface area contributed by atoms with Crippen molar-refractivity contribution in [2.45, 2.75) is 32.9 Å². The highest BCUT2D eigenvalue weighted by Gasteiger charge is 2.47. The molecule has 1 aliphatic rings. The zero-order valence-corrected chi connectivity index (χ0v) is 20.6. The number of imidazole rings is 1. The molecule has 3 heterocycles. The summed E-state index contributed by atoms with van der Waals surface area (Å²) in [6.45, 7) is 4.23. The van der Waals surface area contributed by atoms with Crippen molar-refractivity contribution < 1.29 is 33.5 Å². The second kappa shape index (κ2) is 10.1. The van der Waals surface area contributed by atoms with E-state index in [0.29, 0.717) is 35.5 Å². The van der Waals surface area contributed by atoms with Crippen molar-refractivity contribution in [2.24, 2.45) is 0 Å². The molecule has 1 unspecified atom stereocenters. The number of aromatic amines is 2. The number of hydrogen-bond donors (Lipinski definition) is 3. The Labute approximate surface area is 208 Å². The first-order valence-electron chi connectivity index (χ1n) is 11.5. The molecule has 1 saturated heterocycles. The van der Waals surface area contributed by atoms with Crippen LogP contribution in [0.1, 0.15) is 45.3 Å². The smallest absolute Gasteiger partial charge is 0.354 e. The van der Waals surface area contributed by atoms with Crippen LogP contribution in [0.5, 0.6) is 5.75 Å². The summed E-state index contributed by atoms with van der Waals surface area (Å²) >= 11 is 0. The number of carbonyl (C=O) groups excluding carboxylic acids is 3. The van der Waals surface area contributed by atoms with Gasteiger partial charge in [0, 0.05) is 29.8 Å². The summed E-state index contributed by atoms with van der Waals surface area (Å²) in [4.78, 5) is 46.2. The topological polar surface area (TPSA) is 129 Å². The summed E-state index contributed by atoms with van der Waals surface area (Å²) in [7, 11) is 2.77. The van der Waals surface area contributed by atoms with E-state index in [9.17, 15) is 19.5 Å². The van der Waals surface area contributed by atoms with Crippen LogP contribution < -0.4 is 9.30 Å². The number of methoxy groups -OCH3 is 2. The van der Waals surface area contributed by atoms with Gasteiger partial charge < -0.3 is 24.5 Å². The number of ether oxygens (including phenoxy) is 2. The molecule has 1 amide bonds. The number of carbonyl (C=O) groups is 3. The fourth-order valence-corrected chi connectivity index (χ4v) is 4.76. The molecular weight excluding hydrogens is 464 g/mol. The third-order valence-corrected chi connectivity index (χ3v) is 6.46. The number of nitrogens with zero attached hydrogens (tertiary/aromatic N) is 2. The van der Waals surface area contributed by atoms with Gasteiger partial charge in [-0.15, -0.1) is 0 Å². The molecule has 2 aromatic heterocycles. The summed E-state index contributed by atoms with van der Waals surface area (Å²) in [5, 5.41) is 11.5. The number of aliphatic hydroxyl groups is 1. The zero-order chi connectivity index (χ0) is 26.0. The lowest BCUT2D eigenvalue weighted by Gasteiger charge is -2.26. The molecule has 3 N–H and O–H groups in total. The number of likely N-dealkylation sites (tertiary alicyclic amines) is 1. The Morgan fingerprint density at radius 3 is 2.61 bits per heavy atom. The predicted octanol–water partition coefficient (Wildman–Crippen LogP) is 2.55. The van der Waals surface area contributed by atoms with Crippen LogP contribution in [0, 0.1) is 13.8 Å². The quantitative estimate of drug-likeness (QED) is 0.145. The van der Waals surface area contributed by atoms with Gasteiger partial charge in [-0.3, -0.25) is 14.6 Å². The summed E-state index contributed by atoms with van der Waals surface area (Å²) in [6.07, 6.45) is 6.06. The van der Waals surface area contributed by atoms with Crippen LogP contribution in [0.2, 0.25) is 0 Å². The first-order valence-corrected chi connectivity index (χ1v) is 11.5. The van der Waals surface area contributed by atoms with E-state index in [1.807, 2.05) is 17.1 Å². The summed E-state index contributed by atoms with van der Waals surface area (Å²) in [5.74, 6) is -1.97. The molecule has 10 heteroatoms. The van der Waals surface area contributed by atoms with Crippen LogP contribution in [-0.4, -0.2) is 58.4 Å². The SMILES string of the molecule is COC(=O)c1[nH]c(C)c(C(O)=C2C(=O)C(=O)N(CCC[n+]3cc[nH]c3)C2c2ccccc2OC)c1C. The van der Waals surface area contributed by atoms with Crippen molar-refractivity contribution in [1.82, 2.24) is 14.9 Å². The van der Waals surface area contributed by atoms with Gasteiger partial charge in [-0.2, -0.15) is 0 Å². The first-order chi connectivity index (χ1) is 17.3. The fraction of sp³-hybridized carbons (Fsp3) is 0.308. The molecule has 0 aliphatic carbocycles. The Balaban J connectivity index is 1.83. The molecule has 188 valence electrons. The number of aromatic nitrogens is 3. The number of amides is 1. The molecule has 1 aromatic carbocycles. The summed E-state index contributed by atoms with van der Waals surface area (Å²) < 4.78 is 12.3. The van der Waals surface area contributed by atoms with E-state index in [1.165, 1.54) is 19.1 Å². The van der Waals surface area contributed by atoms with Crippen molar-refractivity contribution in [3.63, 3.8) is 0 Å². The number of aryl methyl sites for hydroxylation is 2. The van der Waals surface area contributed by atoms with E-state index in [4.69, 9.17) is 9.47 Å². The Morgan fingerprint density at radius 1 is 1.19 bits per heavy atom. The number of esters is 1. The largest absolute Gasteiger partial charge is 0.507 e. The number of H-pyrrole nitrogens is 2. The maximum Gasteiger partial charge on any atom is 0.354 e. The minimum atomic E-state index is -0.868. The van der Waals surface area contributed by atoms with E-state index >= 15 is 0 Å². The normalized spacial score (nSPS) is 17.0. The highest BCUT2D eigenvalue weighted by atomic mass is 16.5. The number of nitrogens with one attached hydrogen (secondary N) is 2. The number of rotatable bonds is 8. The van der Waals surface area contributed by atoms with Gasteiger partial charge in [0.25, 0.3) is 11.7 Å². The van der Waals surface area contributed by atoms with Crippen LogP contribution >= 0.6 is 0 Å². The van der Waals surface area contributed by atoms with Gasteiger partial charge in [0.1, 0.15) is 29.6 Å². The number of para-hydroxylation sites is 1. The van der Waals surface area contributed by atoms with Crippen LogP contribution in [0.15, 0.2) is 48.6 Å². The van der Waals surface area contributed by atoms with Crippen molar-refractivity contribution in [2.75, 3.05) is 20.8 Å². The fourth-order valence-electron chi connectivity index (χ4n) is 4.76. The van der Waals surface area contributed by atoms with E-state index in [-0.39, 0.29) is 29.1 Å². The summed E-state index contributed by atoms with van der Waals surface area (Å²) in [5.41, 5.74) is 1.87. The van der Waals surface area contributed by atoms with Gasteiger partial charge in [-0.1, -0.05) is 18.2 Å². The highest BCUT2D eigenvalue weighted by molar-refractivity contribution is 6.46. The van der Waals surface area contributed by atoms with Gasteiger partial charge in [0.2, 0.25) is 6.33 Å². The van der Waals surface area contributed by atoms with Gasteiger partial charge in [-0.05, 0) is 25.5 Å². The van der Waals surface area contributed by atoms with Crippen LogP contribution in [0.4, 0.5) is 0 Å². The second-order valence-corrected chi connectivity index (χ2v) is 8.55. The standard InChI is InChI=1S/C26H28N4O6/c1-15-19(16(2)28-21(15)26(34)36-4)23(31)20-22(17-8-5-6-9-18(17)35-3)30(25(33)24(20)32)12-7-11-29-13-10-27-14-29/h5-6,8-10,13-14,22H,7,11-12H2,1-4H3,(H2,28,31,32,34)/p+1. The molecule has 1 aliphatic heterocycles. The number of ketones is 1. The molecule has 3 aromatic rings. The second-order valence-electron chi connectivity index (χ2n) is 8.55. The Bertz CT molecular complexity index is 1340. The lowest BCUT2D eigenvalue weighted by molar-refractivity contribution is -0.695. The minimum Gasteiger partial charge on any atom is -0.507 e. The third-order valence-electron chi connectivity index (χ3n) is 6.46. The van der Waals surface area contributed by atoms with Crippen molar-refractivity contribution in [1.29, 1.82) is 0 Å². The average molecular weight is 494 g/mol. The Morgan fingerprint density at radius 2 is 1.94 bits per heavy atom. The lowest BCUT2D eigenvalue weighted by Crippen LogP contribution is -2.36. The molecule has 0 saturated carbocycles. The maximum absolute atomic E-state index is 13.4. The Kier molecular flexibility index (Phi) is 6.96. The van der Waals surface area contributed by atoms with E-state index < -0.39 is 23.7 Å². The van der Waals surface area contributed by atoms with Crippen molar-refractivity contribution in [3.05, 3.63) is 76.6 Å². The summed E-state index contributed by atoms with van der Waals surface area (Å²) in [6, 6.07) is 6.23. The zero-order valence-electron chi connectivity index (χ0n) is 20.6. The number of Topliss-reactive ketones (excluding diaryl/α,β-unsaturated/α-hetero) is 1. The van der Waals surface area contributed by atoms with E-state index in [2.05, 4.69) is 9.97 Å². The van der Waals surface area contributed by atoms with E-state index in [1.54, 1.807) is 44.3 Å². The molecule has 0 radical (unpaired) electrons. The van der Waals surface area contributed by atoms with Gasteiger partial charge in [0.15, 0.2) is 0 Å². The average Bonchev–Trinajstić information content (AvgIpc) is 3.56. The molecule has 10 nitrogen and oxygen atoms in total. The molecule has 0 spiro atoms. The first kappa shape index (κ1) is 24.8. The molecule has 1 atom stereocenters. The van der Waals surface area contributed by atoms with Crippen molar-refractivity contribution >= 4 is 23.4 Å². The number of benzene rings is 1.